The molecule has 0 aliphatic heterocycles. The van der Waals surface area contributed by atoms with Crippen molar-refractivity contribution in [2.75, 3.05) is 7.11 Å². The Labute approximate surface area is 131 Å². The van der Waals surface area contributed by atoms with Gasteiger partial charge in [0.1, 0.15) is 17.1 Å². The molecule has 6 heteroatoms. The molecule has 0 atom stereocenters. The van der Waals surface area contributed by atoms with Gasteiger partial charge in [0.2, 0.25) is 0 Å². The van der Waals surface area contributed by atoms with Crippen molar-refractivity contribution in [3.63, 3.8) is 0 Å². The highest BCUT2D eigenvalue weighted by Crippen LogP contribution is 2.37. The van der Waals surface area contributed by atoms with Crippen LogP contribution in [0.3, 0.4) is 0 Å². The monoisotopic (exact) mass is 304 g/mol. The molecule has 4 aromatic rings. The van der Waals surface area contributed by atoms with Crippen molar-refractivity contribution in [3.8, 4) is 28.3 Å². The minimum Gasteiger partial charge on any atom is -0.496 e. The van der Waals surface area contributed by atoms with E-state index in [2.05, 4.69) is 20.1 Å². The SMILES string of the molecule is COc1ccncc1-c1cccc2c(-c3cnccn3)noc12. The Morgan fingerprint density at radius 2 is 1.87 bits per heavy atom. The van der Waals surface area contributed by atoms with Gasteiger partial charge in [-0.25, -0.2) is 0 Å². The zero-order chi connectivity index (χ0) is 15.6. The number of hydrogen-bond acceptors (Lipinski definition) is 6. The lowest BCUT2D eigenvalue weighted by Crippen LogP contribution is -1.89. The molecule has 3 aromatic heterocycles. The van der Waals surface area contributed by atoms with Crippen molar-refractivity contribution >= 4 is 11.0 Å². The molecule has 0 radical (unpaired) electrons. The number of methoxy groups -OCH3 is 1. The van der Waals surface area contributed by atoms with Gasteiger partial charge in [-0.1, -0.05) is 17.3 Å². The van der Waals surface area contributed by atoms with Crippen LogP contribution >= 0.6 is 0 Å². The molecule has 0 aliphatic carbocycles. The molecule has 6 nitrogen and oxygen atoms in total. The number of pyridine rings is 1. The van der Waals surface area contributed by atoms with Crippen molar-refractivity contribution in [1.29, 1.82) is 0 Å². The van der Waals surface area contributed by atoms with Crippen molar-refractivity contribution in [1.82, 2.24) is 20.1 Å². The number of hydrogen-bond donors (Lipinski definition) is 0. The molecule has 0 saturated heterocycles. The molecule has 0 aliphatic rings. The molecule has 3 heterocycles. The second-order valence-corrected chi connectivity index (χ2v) is 4.88. The van der Waals surface area contributed by atoms with E-state index >= 15 is 0 Å². The van der Waals surface area contributed by atoms with E-state index < -0.39 is 0 Å². The topological polar surface area (TPSA) is 73.9 Å². The normalized spacial score (nSPS) is 10.8. The minimum absolute atomic E-state index is 0.665. The smallest absolute Gasteiger partial charge is 0.175 e. The van der Waals surface area contributed by atoms with Crippen LogP contribution in [-0.2, 0) is 0 Å². The third kappa shape index (κ3) is 2.20. The molecule has 0 fully saturated rings. The van der Waals surface area contributed by atoms with E-state index in [0.29, 0.717) is 17.0 Å². The van der Waals surface area contributed by atoms with E-state index in [0.717, 1.165) is 22.3 Å². The van der Waals surface area contributed by atoms with Crippen molar-refractivity contribution < 1.29 is 9.26 Å². The first-order valence-corrected chi connectivity index (χ1v) is 7.01. The first-order chi connectivity index (χ1) is 11.4. The van der Waals surface area contributed by atoms with E-state index in [-0.39, 0.29) is 0 Å². The van der Waals surface area contributed by atoms with Gasteiger partial charge in [-0.15, -0.1) is 0 Å². The summed E-state index contributed by atoms with van der Waals surface area (Å²) in [6.45, 7) is 0. The van der Waals surface area contributed by atoms with E-state index in [1.807, 2.05) is 24.3 Å². The molecule has 4 rings (SSSR count). The van der Waals surface area contributed by atoms with Gasteiger partial charge in [0, 0.05) is 35.9 Å². The summed E-state index contributed by atoms with van der Waals surface area (Å²) in [7, 11) is 1.63. The Kier molecular flexibility index (Phi) is 3.20. The van der Waals surface area contributed by atoms with Crippen LogP contribution in [0.15, 0.2) is 59.8 Å². The van der Waals surface area contributed by atoms with Crippen LogP contribution in [-0.4, -0.2) is 27.2 Å². The first-order valence-electron chi connectivity index (χ1n) is 7.01. The lowest BCUT2D eigenvalue weighted by Gasteiger charge is -2.07. The van der Waals surface area contributed by atoms with Crippen LogP contribution < -0.4 is 4.74 Å². The summed E-state index contributed by atoms with van der Waals surface area (Å²) >= 11 is 0. The third-order valence-electron chi connectivity index (χ3n) is 3.60. The van der Waals surface area contributed by atoms with Gasteiger partial charge in [-0.2, -0.15) is 0 Å². The van der Waals surface area contributed by atoms with Gasteiger partial charge in [0.25, 0.3) is 0 Å². The van der Waals surface area contributed by atoms with E-state index in [9.17, 15) is 0 Å². The summed E-state index contributed by atoms with van der Waals surface area (Å²) in [5.74, 6) is 0.727. The van der Waals surface area contributed by atoms with Gasteiger partial charge >= 0.3 is 0 Å². The van der Waals surface area contributed by atoms with E-state index in [1.54, 1.807) is 38.1 Å². The molecular formula is C17H12N4O2. The first kappa shape index (κ1) is 13.4. The predicted octanol–water partition coefficient (Wildman–Crippen LogP) is 3.36. The highest BCUT2D eigenvalue weighted by Gasteiger charge is 2.17. The largest absolute Gasteiger partial charge is 0.496 e. The van der Waals surface area contributed by atoms with Crippen LogP contribution in [0.2, 0.25) is 0 Å². The number of benzene rings is 1. The van der Waals surface area contributed by atoms with Crippen molar-refractivity contribution in [2.45, 2.75) is 0 Å². The van der Waals surface area contributed by atoms with Gasteiger partial charge < -0.3 is 9.26 Å². The van der Waals surface area contributed by atoms with Crippen LogP contribution in [0.25, 0.3) is 33.5 Å². The fourth-order valence-electron chi connectivity index (χ4n) is 2.54. The lowest BCUT2D eigenvalue weighted by molar-refractivity contribution is 0.415. The highest BCUT2D eigenvalue weighted by molar-refractivity contribution is 5.99. The fourth-order valence-corrected chi connectivity index (χ4v) is 2.54. The molecule has 0 saturated carbocycles. The zero-order valence-corrected chi connectivity index (χ0v) is 12.3. The van der Waals surface area contributed by atoms with Crippen LogP contribution in [0.5, 0.6) is 5.75 Å². The highest BCUT2D eigenvalue weighted by atomic mass is 16.5. The van der Waals surface area contributed by atoms with Crippen molar-refractivity contribution in [3.05, 3.63) is 55.2 Å². The molecule has 0 N–H and O–H groups in total. The Balaban J connectivity index is 1.95. The minimum atomic E-state index is 0.665. The molecule has 0 amide bonds. The molecule has 112 valence electrons. The predicted molar refractivity (Wildman–Crippen MR) is 84.8 cm³/mol. The molecule has 0 bridgehead atoms. The van der Waals surface area contributed by atoms with Crippen LogP contribution in [0, 0.1) is 0 Å². The number of nitrogens with zero attached hydrogens (tertiary/aromatic N) is 4. The lowest BCUT2D eigenvalue weighted by atomic mass is 10.0. The van der Waals surface area contributed by atoms with Crippen LogP contribution in [0.4, 0.5) is 0 Å². The summed E-state index contributed by atoms with van der Waals surface area (Å²) in [6, 6.07) is 7.66. The molecular weight excluding hydrogens is 292 g/mol. The third-order valence-corrected chi connectivity index (χ3v) is 3.60. The summed E-state index contributed by atoms with van der Waals surface area (Å²) in [5, 5.41) is 5.04. The van der Waals surface area contributed by atoms with Gasteiger partial charge in [0.15, 0.2) is 5.58 Å². The number of ether oxygens (including phenoxy) is 1. The summed E-state index contributed by atoms with van der Waals surface area (Å²) in [6.07, 6.45) is 8.35. The average Bonchev–Trinajstić information content (AvgIpc) is 3.06. The standard InChI is InChI=1S/C17H12N4O2/c1-22-15-5-6-18-9-13(15)11-3-2-4-12-16(21-23-17(11)12)14-10-19-7-8-20-14/h2-10H,1H3. The van der Waals surface area contributed by atoms with E-state index in [1.165, 1.54) is 0 Å². The maximum Gasteiger partial charge on any atom is 0.175 e. The summed E-state index contributed by atoms with van der Waals surface area (Å²) in [5.41, 5.74) is 3.72. The molecule has 0 spiro atoms. The van der Waals surface area contributed by atoms with Gasteiger partial charge in [0.05, 0.1) is 18.7 Å². The zero-order valence-electron chi connectivity index (χ0n) is 12.3. The van der Waals surface area contributed by atoms with Gasteiger partial charge in [-0.3, -0.25) is 15.0 Å². The molecule has 0 unspecified atom stereocenters. The Morgan fingerprint density at radius 3 is 2.70 bits per heavy atom. The quantitative estimate of drug-likeness (QED) is 0.578. The molecule has 1 aromatic carbocycles. The Morgan fingerprint density at radius 1 is 0.957 bits per heavy atom. The van der Waals surface area contributed by atoms with Gasteiger partial charge in [-0.05, 0) is 12.1 Å². The number of fused-ring (bicyclic) bond motifs is 1. The summed E-state index contributed by atoms with van der Waals surface area (Å²) < 4.78 is 11.0. The van der Waals surface area contributed by atoms with Crippen LogP contribution in [0.1, 0.15) is 0 Å². The molecule has 23 heavy (non-hydrogen) atoms. The second-order valence-electron chi connectivity index (χ2n) is 4.88. The number of para-hydroxylation sites is 1. The average molecular weight is 304 g/mol. The fraction of sp³-hybridized carbons (Fsp3) is 0.0588. The maximum atomic E-state index is 5.59. The Bertz CT molecular complexity index is 967. The maximum absolute atomic E-state index is 5.59. The number of aromatic nitrogens is 4. The Hall–Kier alpha value is -3.28. The van der Waals surface area contributed by atoms with E-state index in [4.69, 9.17) is 9.26 Å². The van der Waals surface area contributed by atoms with Crippen molar-refractivity contribution in [2.24, 2.45) is 0 Å². The number of rotatable bonds is 3. The second kappa shape index (κ2) is 5.49. The summed E-state index contributed by atoms with van der Waals surface area (Å²) in [4.78, 5) is 12.5.